The predicted molar refractivity (Wildman–Crippen MR) is 129 cm³/mol. The Kier molecular flexibility index (Phi) is 8.79. The van der Waals surface area contributed by atoms with Crippen molar-refractivity contribution >= 4 is 46.8 Å². The van der Waals surface area contributed by atoms with E-state index in [1.807, 2.05) is 26.0 Å². The number of aromatic nitrogens is 2. The average molecular weight is 486 g/mol. The van der Waals surface area contributed by atoms with Gasteiger partial charge in [0.15, 0.2) is 4.34 Å². The van der Waals surface area contributed by atoms with Gasteiger partial charge in [-0.15, -0.1) is 10.2 Å². The van der Waals surface area contributed by atoms with Crippen LogP contribution < -0.4 is 20.2 Å². The third-order valence-corrected chi connectivity index (χ3v) is 6.20. The highest BCUT2D eigenvalue weighted by Crippen LogP contribution is 2.30. The van der Waals surface area contributed by atoms with Crippen LogP contribution in [0, 0.1) is 6.92 Å². The molecule has 172 valence electrons. The first-order valence-corrected chi connectivity index (χ1v) is 11.8. The summed E-state index contributed by atoms with van der Waals surface area (Å²) in [4.78, 5) is 24.3. The zero-order valence-corrected chi connectivity index (χ0v) is 20.0. The van der Waals surface area contributed by atoms with E-state index in [2.05, 4.69) is 26.0 Å². The topological polar surface area (TPSA) is 115 Å². The lowest BCUT2D eigenvalue weighted by molar-refractivity contribution is -0.136. The van der Waals surface area contributed by atoms with Crippen LogP contribution in [-0.2, 0) is 15.3 Å². The molecule has 0 aliphatic carbocycles. The van der Waals surface area contributed by atoms with Crippen LogP contribution in [-0.4, -0.2) is 41.9 Å². The van der Waals surface area contributed by atoms with Crippen LogP contribution in [0.15, 0.2) is 51.9 Å². The van der Waals surface area contributed by atoms with Crippen molar-refractivity contribution < 1.29 is 19.1 Å². The van der Waals surface area contributed by atoms with E-state index in [1.54, 1.807) is 49.2 Å². The Labute approximate surface area is 199 Å². The van der Waals surface area contributed by atoms with Gasteiger partial charge in [-0.1, -0.05) is 35.2 Å². The second kappa shape index (κ2) is 12.0. The van der Waals surface area contributed by atoms with Gasteiger partial charge >= 0.3 is 11.8 Å². The SMILES string of the molecule is CCOc1ccccc1NC(=O)C(=O)NN=Cc1ccc(OC)c(CSc2nnc(C)s2)c1. The van der Waals surface area contributed by atoms with Crippen LogP contribution in [0.25, 0.3) is 0 Å². The van der Waals surface area contributed by atoms with Gasteiger partial charge in [0, 0.05) is 11.3 Å². The van der Waals surface area contributed by atoms with E-state index in [0.29, 0.717) is 23.8 Å². The van der Waals surface area contributed by atoms with Gasteiger partial charge in [0.1, 0.15) is 16.5 Å². The lowest BCUT2D eigenvalue weighted by atomic mass is 10.1. The Morgan fingerprint density at radius 1 is 1.15 bits per heavy atom. The molecule has 0 saturated heterocycles. The van der Waals surface area contributed by atoms with Crippen LogP contribution in [0.3, 0.4) is 0 Å². The molecule has 9 nitrogen and oxygen atoms in total. The Balaban J connectivity index is 1.59. The van der Waals surface area contributed by atoms with Crippen LogP contribution in [0.5, 0.6) is 11.5 Å². The van der Waals surface area contributed by atoms with E-state index in [4.69, 9.17) is 9.47 Å². The maximum atomic E-state index is 12.2. The van der Waals surface area contributed by atoms with Crippen molar-refractivity contribution in [2.75, 3.05) is 19.0 Å². The fraction of sp³-hybridized carbons (Fsp3) is 0.227. The van der Waals surface area contributed by atoms with E-state index in [0.717, 1.165) is 26.2 Å². The van der Waals surface area contributed by atoms with Gasteiger partial charge in [-0.05, 0) is 49.7 Å². The molecule has 0 radical (unpaired) electrons. The fourth-order valence-corrected chi connectivity index (χ4v) is 4.51. The van der Waals surface area contributed by atoms with Gasteiger partial charge in [0.2, 0.25) is 0 Å². The molecular weight excluding hydrogens is 462 g/mol. The number of anilines is 1. The fourth-order valence-electron chi connectivity index (χ4n) is 2.71. The molecule has 0 spiro atoms. The normalized spacial score (nSPS) is 10.8. The summed E-state index contributed by atoms with van der Waals surface area (Å²) >= 11 is 3.09. The van der Waals surface area contributed by atoms with Crippen LogP contribution in [0.1, 0.15) is 23.1 Å². The summed E-state index contributed by atoms with van der Waals surface area (Å²) in [6.07, 6.45) is 1.46. The molecule has 3 rings (SSSR count). The molecule has 33 heavy (non-hydrogen) atoms. The van der Waals surface area contributed by atoms with Crippen LogP contribution >= 0.6 is 23.1 Å². The second-order valence-corrected chi connectivity index (χ2v) is 8.93. The molecule has 0 aliphatic rings. The zero-order chi connectivity index (χ0) is 23.6. The molecule has 0 aliphatic heterocycles. The van der Waals surface area contributed by atoms with Crippen molar-refractivity contribution in [1.29, 1.82) is 0 Å². The molecule has 3 aromatic rings. The maximum absolute atomic E-state index is 12.2. The molecule has 0 saturated carbocycles. The predicted octanol–water partition coefficient (Wildman–Crippen LogP) is 3.63. The number of para-hydroxylation sites is 2. The monoisotopic (exact) mass is 485 g/mol. The van der Waals surface area contributed by atoms with E-state index in [9.17, 15) is 9.59 Å². The first-order valence-electron chi connectivity index (χ1n) is 9.96. The number of hydrogen-bond donors (Lipinski definition) is 2. The molecule has 0 bridgehead atoms. The van der Waals surface area contributed by atoms with Crippen molar-refractivity contribution in [2.24, 2.45) is 5.10 Å². The average Bonchev–Trinajstić information content (AvgIpc) is 3.24. The Morgan fingerprint density at radius 2 is 1.97 bits per heavy atom. The summed E-state index contributed by atoms with van der Waals surface area (Å²) in [7, 11) is 1.61. The van der Waals surface area contributed by atoms with Gasteiger partial charge in [0.25, 0.3) is 0 Å². The summed E-state index contributed by atoms with van der Waals surface area (Å²) in [6.45, 7) is 4.18. The highest BCUT2D eigenvalue weighted by Gasteiger charge is 2.15. The lowest BCUT2D eigenvalue weighted by Crippen LogP contribution is -2.32. The number of rotatable bonds is 9. The number of thioether (sulfide) groups is 1. The summed E-state index contributed by atoms with van der Waals surface area (Å²) in [5.74, 6) is 0.106. The number of nitrogens with zero attached hydrogens (tertiary/aromatic N) is 3. The van der Waals surface area contributed by atoms with Crippen molar-refractivity contribution in [1.82, 2.24) is 15.6 Å². The molecule has 0 atom stereocenters. The van der Waals surface area contributed by atoms with Crippen molar-refractivity contribution in [3.05, 3.63) is 58.6 Å². The molecule has 0 unspecified atom stereocenters. The minimum Gasteiger partial charge on any atom is -0.496 e. The number of hydrazone groups is 1. The molecule has 2 N–H and O–H groups in total. The maximum Gasteiger partial charge on any atom is 0.329 e. The number of ether oxygens (including phenoxy) is 2. The number of carbonyl (C=O) groups is 2. The number of benzene rings is 2. The van der Waals surface area contributed by atoms with Gasteiger partial charge in [0.05, 0.1) is 25.6 Å². The minimum absolute atomic E-state index is 0.409. The standard InChI is InChI=1S/C22H23N5O4S2/c1-4-31-19-8-6-5-7-17(19)24-20(28)21(29)26-23-12-15-9-10-18(30-3)16(11-15)13-32-22-27-25-14(2)33-22/h5-12H,4,13H2,1-3H3,(H,24,28)(H,26,29). The van der Waals surface area contributed by atoms with Gasteiger partial charge in [-0.25, -0.2) is 5.43 Å². The summed E-state index contributed by atoms with van der Waals surface area (Å²) in [6, 6.07) is 12.4. The number of methoxy groups -OCH3 is 1. The first-order chi connectivity index (χ1) is 16.0. The summed E-state index contributed by atoms with van der Waals surface area (Å²) < 4.78 is 11.7. The Morgan fingerprint density at radius 3 is 2.70 bits per heavy atom. The lowest BCUT2D eigenvalue weighted by Gasteiger charge is -2.10. The van der Waals surface area contributed by atoms with Gasteiger partial charge in [-0.3, -0.25) is 9.59 Å². The smallest absolute Gasteiger partial charge is 0.329 e. The number of amides is 2. The number of carbonyl (C=O) groups excluding carboxylic acids is 2. The third-order valence-electron chi connectivity index (χ3n) is 4.18. The second-order valence-electron chi connectivity index (χ2n) is 6.53. The molecule has 0 fully saturated rings. The molecule has 2 amide bonds. The molecule has 2 aromatic carbocycles. The first kappa shape index (κ1) is 24.2. The number of nitrogens with one attached hydrogen (secondary N) is 2. The van der Waals surface area contributed by atoms with Crippen molar-refractivity contribution in [2.45, 2.75) is 23.9 Å². The molecule has 11 heteroatoms. The van der Waals surface area contributed by atoms with E-state index in [1.165, 1.54) is 17.6 Å². The minimum atomic E-state index is -0.895. The van der Waals surface area contributed by atoms with Gasteiger partial charge < -0.3 is 14.8 Å². The third kappa shape index (κ3) is 7.02. The van der Waals surface area contributed by atoms with Crippen LogP contribution in [0.4, 0.5) is 5.69 Å². The zero-order valence-electron chi connectivity index (χ0n) is 18.3. The number of aryl methyl sites for hydroxylation is 1. The van der Waals surface area contributed by atoms with E-state index in [-0.39, 0.29) is 0 Å². The van der Waals surface area contributed by atoms with E-state index < -0.39 is 11.8 Å². The van der Waals surface area contributed by atoms with E-state index >= 15 is 0 Å². The molecular formula is C22H23N5O4S2. The van der Waals surface area contributed by atoms with Crippen molar-refractivity contribution in [3.63, 3.8) is 0 Å². The summed E-state index contributed by atoms with van der Waals surface area (Å²) in [5.41, 5.74) is 4.32. The quantitative estimate of drug-likeness (QED) is 0.206. The Hall–Kier alpha value is -3.44. The highest BCUT2D eigenvalue weighted by molar-refractivity contribution is 8.00. The summed E-state index contributed by atoms with van der Waals surface area (Å²) in [5, 5.41) is 15.5. The largest absolute Gasteiger partial charge is 0.496 e. The Bertz CT molecular complexity index is 1150. The van der Waals surface area contributed by atoms with Gasteiger partial charge in [-0.2, -0.15) is 5.10 Å². The molecule has 1 heterocycles. The molecule has 1 aromatic heterocycles. The highest BCUT2D eigenvalue weighted by atomic mass is 32.2. The van der Waals surface area contributed by atoms with Crippen LogP contribution in [0.2, 0.25) is 0 Å². The number of hydrogen-bond acceptors (Lipinski definition) is 9. The van der Waals surface area contributed by atoms with Crippen molar-refractivity contribution in [3.8, 4) is 11.5 Å².